The van der Waals surface area contributed by atoms with Crippen molar-refractivity contribution in [2.75, 3.05) is 0 Å². The van der Waals surface area contributed by atoms with Gasteiger partial charge in [0.2, 0.25) is 0 Å². The normalized spacial score (nSPS) is 16.6. The smallest absolute Gasteiger partial charge is 0.423 e. The van der Waals surface area contributed by atoms with Gasteiger partial charge in [-0.15, -0.1) is 0 Å². The van der Waals surface area contributed by atoms with Crippen molar-refractivity contribution in [2.45, 2.75) is 24.9 Å². The summed E-state index contributed by atoms with van der Waals surface area (Å²) in [5.41, 5.74) is -0.832. The number of halogens is 2. The van der Waals surface area contributed by atoms with E-state index in [2.05, 4.69) is 0 Å². The van der Waals surface area contributed by atoms with E-state index in [-0.39, 0.29) is 21.5 Å². The first-order valence-corrected chi connectivity index (χ1v) is 7.45. The summed E-state index contributed by atoms with van der Waals surface area (Å²) in [5.74, 6) is -1.52. The Hall–Kier alpha value is -1.28. The maximum absolute atomic E-state index is 14.2. The van der Waals surface area contributed by atoms with E-state index in [1.807, 2.05) is 0 Å². The molecule has 2 aromatic rings. The molecule has 0 unspecified atom stereocenters. The van der Waals surface area contributed by atoms with Gasteiger partial charge in [0.15, 0.2) is 0 Å². The summed E-state index contributed by atoms with van der Waals surface area (Å²) in [6, 6.07) is 3.66. The van der Waals surface area contributed by atoms with Crippen LogP contribution in [0.5, 0.6) is 0 Å². The number of hydrogen-bond acceptors (Lipinski definition) is 4. The number of hydrogen-bond donors (Lipinski definition) is 3. The van der Waals surface area contributed by atoms with E-state index >= 15 is 0 Å². The van der Waals surface area contributed by atoms with Crippen LogP contribution < -0.4 is 4.78 Å². The fourth-order valence-corrected chi connectivity index (χ4v) is 3.30. The molecule has 1 aromatic carbocycles. The van der Waals surface area contributed by atoms with Crippen LogP contribution in [-0.2, 0) is 5.60 Å². The third kappa shape index (κ3) is 2.51. The van der Waals surface area contributed by atoms with Gasteiger partial charge in [0.25, 0.3) is 0 Å². The Kier molecular flexibility index (Phi) is 3.61. The van der Waals surface area contributed by atoms with Gasteiger partial charge in [-0.2, -0.15) is 11.3 Å². The standard InChI is InChI=1S/C14H13BF2O3S/c16-10-5-9(14(18)2-1-3-14)6-11(17)13(10)8-4-12(15(19)20)21-7-8/h4-7,18-20H,1-3H2. The highest BCUT2D eigenvalue weighted by atomic mass is 32.1. The molecule has 0 atom stereocenters. The second-order valence-electron chi connectivity index (χ2n) is 5.31. The molecule has 7 heteroatoms. The molecular formula is C14H13BF2O3S. The molecule has 0 aliphatic heterocycles. The predicted molar refractivity (Wildman–Crippen MR) is 77.2 cm³/mol. The van der Waals surface area contributed by atoms with Crippen LogP contribution in [0.4, 0.5) is 8.78 Å². The van der Waals surface area contributed by atoms with Gasteiger partial charge in [-0.1, -0.05) is 0 Å². The lowest BCUT2D eigenvalue weighted by Gasteiger charge is -2.37. The van der Waals surface area contributed by atoms with Crippen molar-refractivity contribution in [3.63, 3.8) is 0 Å². The van der Waals surface area contributed by atoms with Crippen LogP contribution in [0.25, 0.3) is 11.1 Å². The van der Waals surface area contributed by atoms with Gasteiger partial charge in [-0.05, 0) is 54.0 Å². The summed E-state index contributed by atoms with van der Waals surface area (Å²) in [6.07, 6.45) is 1.85. The minimum atomic E-state index is -1.66. The van der Waals surface area contributed by atoms with Crippen LogP contribution in [-0.4, -0.2) is 22.3 Å². The first kappa shape index (κ1) is 14.7. The van der Waals surface area contributed by atoms with E-state index in [0.717, 1.165) is 29.9 Å². The molecule has 1 heterocycles. The monoisotopic (exact) mass is 310 g/mol. The van der Waals surface area contributed by atoms with Crippen LogP contribution in [0.1, 0.15) is 24.8 Å². The van der Waals surface area contributed by atoms with Gasteiger partial charge >= 0.3 is 7.12 Å². The van der Waals surface area contributed by atoms with Gasteiger partial charge in [-0.3, -0.25) is 0 Å². The Morgan fingerprint density at radius 1 is 1.10 bits per heavy atom. The lowest BCUT2D eigenvalue weighted by molar-refractivity contribution is -0.0392. The Bertz CT molecular complexity index is 660. The molecule has 1 aliphatic carbocycles. The molecule has 0 saturated heterocycles. The van der Waals surface area contributed by atoms with E-state index in [1.165, 1.54) is 11.4 Å². The van der Waals surface area contributed by atoms with Crippen LogP contribution in [0.15, 0.2) is 23.6 Å². The number of rotatable bonds is 3. The van der Waals surface area contributed by atoms with Crippen molar-refractivity contribution < 1.29 is 23.9 Å². The van der Waals surface area contributed by atoms with Gasteiger partial charge in [0.05, 0.1) is 11.2 Å². The van der Waals surface area contributed by atoms with Gasteiger partial charge in [0, 0.05) is 4.78 Å². The highest BCUT2D eigenvalue weighted by Gasteiger charge is 2.37. The van der Waals surface area contributed by atoms with Crippen LogP contribution in [0.3, 0.4) is 0 Å². The number of benzene rings is 1. The van der Waals surface area contributed by atoms with E-state index < -0.39 is 24.4 Å². The summed E-state index contributed by atoms with van der Waals surface area (Å²) in [4.78, 5) is 0. The maximum atomic E-state index is 14.2. The molecule has 1 saturated carbocycles. The topological polar surface area (TPSA) is 60.7 Å². The molecule has 1 aromatic heterocycles. The molecule has 0 spiro atoms. The van der Waals surface area contributed by atoms with Gasteiger partial charge in [-0.25, -0.2) is 8.78 Å². The number of aliphatic hydroxyl groups is 1. The second-order valence-corrected chi connectivity index (χ2v) is 6.25. The molecule has 21 heavy (non-hydrogen) atoms. The summed E-state index contributed by atoms with van der Waals surface area (Å²) in [6.45, 7) is 0. The van der Waals surface area contributed by atoms with E-state index in [0.29, 0.717) is 12.8 Å². The Morgan fingerprint density at radius 2 is 1.71 bits per heavy atom. The van der Waals surface area contributed by atoms with E-state index in [4.69, 9.17) is 10.0 Å². The van der Waals surface area contributed by atoms with Crippen molar-refractivity contribution in [1.82, 2.24) is 0 Å². The van der Waals surface area contributed by atoms with Gasteiger partial charge < -0.3 is 15.2 Å². The Labute approximate surface area is 124 Å². The van der Waals surface area contributed by atoms with Crippen molar-refractivity contribution in [3.8, 4) is 11.1 Å². The third-order valence-electron chi connectivity index (χ3n) is 3.92. The number of thiophene rings is 1. The van der Waals surface area contributed by atoms with Crippen molar-refractivity contribution in [1.29, 1.82) is 0 Å². The fraction of sp³-hybridized carbons (Fsp3) is 0.286. The van der Waals surface area contributed by atoms with Crippen LogP contribution in [0.2, 0.25) is 0 Å². The summed E-state index contributed by atoms with van der Waals surface area (Å²) in [5, 5.41) is 29.8. The molecule has 110 valence electrons. The lowest BCUT2D eigenvalue weighted by Crippen LogP contribution is -2.33. The van der Waals surface area contributed by atoms with Gasteiger partial charge in [0.1, 0.15) is 11.6 Å². The predicted octanol–water partition coefficient (Wildman–Crippen LogP) is 1.74. The molecule has 3 rings (SSSR count). The molecule has 0 radical (unpaired) electrons. The summed E-state index contributed by atoms with van der Waals surface area (Å²) >= 11 is 1.01. The average molecular weight is 310 g/mol. The zero-order valence-corrected chi connectivity index (χ0v) is 11.8. The summed E-state index contributed by atoms with van der Waals surface area (Å²) in [7, 11) is -1.66. The van der Waals surface area contributed by atoms with E-state index in [9.17, 15) is 13.9 Å². The Morgan fingerprint density at radius 3 is 2.14 bits per heavy atom. The van der Waals surface area contributed by atoms with Crippen molar-refractivity contribution in [2.24, 2.45) is 0 Å². The minimum absolute atomic E-state index is 0.213. The summed E-state index contributed by atoms with van der Waals surface area (Å²) < 4.78 is 28.7. The molecule has 0 bridgehead atoms. The maximum Gasteiger partial charge on any atom is 0.499 e. The zero-order chi connectivity index (χ0) is 15.2. The SMILES string of the molecule is OB(O)c1cc(-c2c(F)cc(C3(O)CCC3)cc2F)cs1. The zero-order valence-electron chi connectivity index (χ0n) is 11.0. The largest absolute Gasteiger partial charge is 0.499 e. The fourth-order valence-electron chi connectivity index (χ4n) is 2.54. The van der Waals surface area contributed by atoms with Crippen molar-refractivity contribution in [3.05, 3.63) is 40.8 Å². The molecule has 1 fully saturated rings. The first-order chi connectivity index (χ1) is 9.90. The highest BCUT2D eigenvalue weighted by Crippen LogP contribution is 2.42. The highest BCUT2D eigenvalue weighted by molar-refractivity contribution is 7.20. The molecule has 0 amide bonds. The van der Waals surface area contributed by atoms with Crippen LogP contribution in [0, 0.1) is 11.6 Å². The average Bonchev–Trinajstić information content (AvgIpc) is 2.84. The molecular weight excluding hydrogens is 297 g/mol. The molecule has 3 N–H and O–H groups in total. The van der Waals surface area contributed by atoms with E-state index in [1.54, 1.807) is 0 Å². The molecule has 1 aliphatic rings. The third-order valence-corrected chi connectivity index (χ3v) is 4.90. The minimum Gasteiger partial charge on any atom is -0.423 e. The lowest BCUT2D eigenvalue weighted by atomic mass is 9.75. The van der Waals surface area contributed by atoms with Crippen molar-refractivity contribution >= 4 is 23.2 Å². The first-order valence-electron chi connectivity index (χ1n) is 6.57. The second kappa shape index (κ2) is 5.17. The van der Waals surface area contributed by atoms with Crippen LogP contribution >= 0.6 is 11.3 Å². The quantitative estimate of drug-likeness (QED) is 0.757. The Balaban J connectivity index is 2.03. The molecule has 3 nitrogen and oxygen atoms in total.